The molecule has 1 fully saturated rings. The van der Waals surface area contributed by atoms with E-state index in [4.69, 9.17) is 10.2 Å². The predicted molar refractivity (Wildman–Crippen MR) is 55.0 cm³/mol. The number of hydrogen-bond acceptors (Lipinski definition) is 3. The minimum atomic E-state index is -0.602. The van der Waals surface area contributed by atoms with Crippen LogP contribution in [0.25, 0.3) is 0 Å². The average Bonchev–Trinajstić information content (AvgIpc) is 2.20. The van der Waals surface area contributed by atoms with Crippen molar-refractivity contribution in [2.24, 2.45) is 5.92 Å². The first-order valence-electron chi connectivity index (χ1n) is 5.16. The summed E-state index contributed by atoms with van der Waals surface area (Å²) in [7, 11) is 1.70. The van der Waals surface area contributed by atoms with E-state index >= 15 is 0 Å². The van der Waals surface area contributed by atoms with Crippen LogP contribution in [0.2, 0.25) is 0 Å². The molecule has 14 heavy (non-hydrogen) atoms. The topological polar surface area (TPSA) is 69.6 Å². The van der Waals surface area contributed by atoms with Crippen molar-refractivity contribution in [2.45, 2.75) is 45.3 Å². The molecule has 1 saturated carbocycles. The van der Waals surface area contributed by atoms with Gasteiger partial charge in [-0.2, -0.15) is 0 Å². The Balaban J connectivity index is 0.000000292. The summed E-state index contributed by atoms with van der Waals surface area (Å²) in [5.41, 5.74) is 0. The van der Waals surface area contributed by atoms with Crippen molar-refractivity contribution >= 4 is 5.97 Å². The number of carboxylic acid groups (broad SMARTS) is 1. The summed E-state index contributed by atoms with van der Waals surface area (Å²) < 4.78 is 0. The summed E-state index contributed by atoms with van der Waals surface area (Å²) in [6.07, 6.45) is 4.87. The molecule has 0 amide bonds. The quantitative estimate of drug-likeness (QED) is 0.590. The molecule has 0 aromatic carbocycles. The zero-order chi connectivity index (χ0) is 11.0. The summed E-state index contributed by atoms with van der Waals surface area (Å²) in [4.78, 5) is 10.4. The second-order valence-corrected chi connectivity index (χ2v) is 3.64. The van der Waals surface area contributed by atoms with E-state index in [2.05, 4.69) is 5.32 Å². The molecule has 0 aromatic heterocycles. The second kappa shape index (κ2) is 7.76. The van der Waals surface area contributed by atoms with Crippen molar-refractivity contribution in [3.05, 3.63) is 0 Å². The zero-order valence-corrected chi connectivity index (χ0v) is 8.99. The van der Waals surface area contributed by atoms with E-state index in [0.717, 1.165) is 25.7 Å². The van der Waals surface area contributed by atoms with Gasteiger partial charge in [0, 0.05) is 0 Å². The van der Waals surface area contributed by atoms with Gasteiger partial charge in [-0.05, 0) is 26.8 Å². The van der Waals surface area contributed by atoms with E-state index in [9.17, 15) is 4.79 Å². The third-order valence-corrected chi connectivity index (χ3v) is 2.37. The third kappa shape index (κ3) is 6.86. The standard InChI is InChI=1S/C7H12O2.C3H9NO/c8-7(9)6-4-2-1-3-5-6;1-3(5)4-2/h6H,1-5H2,(H,8,9);3-5H,1-2H3. The number of rotatable bonds is 2. The smallest absolute Gasteiger partial charge is 0.306 e. The Labute approximate surface area is 85.3 Å². The molecule has 0 heterocycles. The van der Waals surface area contributed by atoms with Crippen molar-refractivity contribution in [1.82, 2.24) is 5.32 Å². The first-order valence-corrected chi connectivity index (χ1v) is 5.16. The maximum atomic E-state index is 10.4. The largest absolute Gasteiger partial charge is 0.481 e. The maximum Gasteiger partial charge on any atom is 0.306 e. The van der Waals surface area contributed by atoms with Crippen molar-refractivity contribution in [1.29, 1.82) is 0 Å². The molecule has 0 saturated heterocycles. The van der Waals surface area contributed by atoms with Gasteiger partial charge in [0.05, 0.1) is 5.92 Å². The highest BCUT2D eigenvalue weighted by Crippen LogP contribution is 2.23. The van der Waals surface area contributed by atoms with Crippen LogP contribution >= 0.6 is 0 Å². The summed E-state index contributed by atoms with van der Waals surface area (Å²) in [6, 6.07) is 0. The van der Waals surface area contributed by atoms with E-state index in [-0.39, 0.29) is 12.1 Å². The number of aliphatic hydroxyl groups excluding tert-OH is 1. The molecule has 0 aliphatic heterocycles. The van der Waals surface area contributed by atoms with Crippen LogP contribution in [-0.2, 0) is 4.79 Å². The van der Waals surface area contributed by atoms with E-state index in [1.807, 2.05) is 0 Å². The summed E-state index contributed by atoms with van der Waals surface area (Å²) in [5.74, 6) is -0.631. The number of nitrogens with one attached hydrogen (secondary N) is 1. The Hall–Kier alpha value is -0.610. The van der Waals surface area contributed by atoms with Crippen molar-refractivity contribution in [3.63, 3.8) is 0 Å². The second-order valence-electron chi connectivity index (χ2n) is 3.64. The van der Waals surface area contributed by atoms with E-state index < -0.39 is 5.97 Å². The normalized spacial score (nSPS) is 19.4. The molecule has 84 valence electrons. The number of carboxylic acids is 1. The van der Waals surface area contributed by atoms with Gasteiger partial charge in [-0.15, -0.1) is 0 Å². The summed E-state index contributed by atoms with van der Waals surface area (Å²) in [5, 5.41) is 19.4. The lowest BCUT2D eigenvalue weighted by molar-refractivity contribution is -0.142. The minimum Gasteiger partial charge on any atom is -0.481 e. The summed E-state index contributed by atoms with van der Waals surface area (Å²) >= 11 is 0. The van der Waals surface area contributed by atoms with Gasteiger partial charge in [-0.25, -0.2) is 0 Å². The van der Waals surface area contributed by atoms with Crippen LogP contribution in [0.4, 0.5) is 0 Å². The number of hydrogen-bond donors (Lipinski definition) is 3. The maximum absolute atomic E-state index is 10.4. The van der Waals surface area contributed by atoms with Gasteiger partial charge in [-0.3, -0.25) is 10.1 Å². The number of aliphatic hydroxyl groups is 1. The zero-order valence-electron chi connectivity index (χ0n) is 8.99. The van der Waals surface area contributed by atoms with Gasteiger partial charge in [-0.1, -0.05) is 19.3 Å². The van der Waals surface area contributed by atoms with Gasteiger partial charge in [0.2, 0.25) is 0 Å². The Bertz CT molecular complexity index is 153. The molecular formula is C10H21NO3. The minimum absolute atomic E-state index is 0.0289. The molecule has 1 aliphatic rings. The van der Waals surface area contributed by atoms with Crippen LogP contribution in [0, 0.1) is 5.92 Å². The van der Waals surface area contributed by atoms with Crippen LogP contribution < -0.4 is 5.32 Å². The molecule has 1 atom stereocenters. The molecule has 4 nitrogen and oxygen atoms in total. The van der Waals surface area contributed by atoms with Crippen LogP contribution in [0.1, 0.15) is 39.0 Å². The van der Waals surface area contributed by atoms with Gasteiger partial charge < -0.3 is 10.2 Å². The SMILES string of the molecule is CNC(C)O.O=C(O)C1CCCCC1. The molecule has 3 N–H and O–H groups in total. The van der Waals surface area contributed by atoms with E-state index in [1.54, 1.807) is 14.0 Å². The fourth-order valence-electron chi connectivity index (χ4n) is 1.35. The highest BCUT2D eigenvalue weighted by molar-refractivity contribution is 5.69. The molecule has 1 unspecified atom stereocenters. The molecular weight excluding hydrogens is 182 g/mol. The van der Waals surface area contributed by atoms with E-state index in [0.29, 0.717) is 0 Å². The lowest BCUT2D eigenvalue weighted by atomic mass is 9.90. The fraction of sp³-hybridized carbons (Fsp3) is 0.900. The third-order valence-electron chi connectivity index (χ3n) is 2.37. The first kappa shape index (κ1) is 13.4. The van der Waals surface area contributed by atoms with Gasteiger partial charge in [0.15, 0.2) is 0 Å². The molecule has 1 rings (SSSR count). The Morgan fingerprint density at radius 2 is 1.79 bits per heavy atom. The van der Waals surface area contributed by atoms with Crippen molar-refractivity contribution in [2.75, 3.05) is 7.05 Å². The lowest BCUT2D eigenvalue weighted by Crippen LogP contribution is -2.19. The Morgan fingerprint density at radius 1 is 1.36 bits per heavy atom. The molecule has 0 spiro atoms. The molecule has 4 heteroatoms. The van der Waals surface area contributed by atoms with Crippen LogP contribution in [0.15, 0.2) is 0 Å². The number of carbonyl (C=O) groups is 1. The number of aliphatic carboxylic acids is 1. The van der Waals surface area contributed by atoms with Crippen LogP contribution in [0.5, 0.6) is 0 Å². The van der Waals surface area contributed by atoms with E-state index in [1.165, 1.54) is 6.42 Å². The van der Waals surface area contributed by atoms with Gasteiger partial charge in [0.1, 0.15) is 6.23 Å². The highest BCUT2D eigenvalue weighted by atomic mass is 16.4. The highest BCUT2D eigenvalue weighted by Gasteiger charge is 2.19. The van der Waals surface area contributed by atoms with Crippen molar-refractivity contribution in [3.8, 4) is 0 Å². The lowest BCUT2D eigenvalue weighted by Gasteiger charge is -2.16. The average molecular weight is 203 g/mol. The first-order chi connectivity index (χ1) is 6.57. The van der Waals surface area contributed by atoms with Crippen LogP contribution in [0.3, 0.4) is 0 Å². The molecule has 0 aromatic rings. The van der Waals surface area contributed by atoms with Crippen molar-refractivity contribution < 1.29 is 15.0 Å². The molecule has 0 radical (unpaired) electrons. The molecule has 1 aliphatic carbocycles. The van der Waals surface area contributed by atoms with Gasteiger partial charge in [0.25, 0.3) is 0 Å². The monoisotopic (exact) mass is 203 g/mol. The Kier molecular flexibility index (Phi) is 7.42. The fourth-order valence-corrected chi connectivity index (χ4v) is 1.35. The Morgan fingerprint density at radius 3 is 2.00 bits per heavy atom. The van der Waals surface area contributed by atoms with Gasteiger partial charge >= 0.3 is 5.97 Å². The summed E-state index contributed by atoms with van der Waals surface area (Å²) in [6.45, 7) is 1.67. The van der Waals surface area contributed by atoms with Crippen LogP contribution in [-0.4, -0.2) is 29.5 Å². The predicted octanol–water partition coefficient (Wildman–Crippen LogP) is 1.20. The molecule has 0 bridgehead atoms.